The first-order valence-electron chi connectivity index (χ1n) is 6.57. The molecule has 0 aliphatic rings. The van der Waals surface area contributed by atoms with Crippen LogP contribution < -0.4 is 73.4 Å². The van der Waals surface area contributed by atoms with Gasteiger partial charge in [-0.3, -0.25) is 39.6 Å². The molecule has 0 saturated carbocycles. The van der Waals surface area contributed by atoms with E-state index in [2.05, 4.69) is 25.9 Å². The molecule has 44 heavy (non-hydrogen) atoms. The first-order chi connectivity index (χ1) is 16.2. The van der Waals surface area contributed by atoms with Gasteiger partial charge in [-0.25, -0.2) is 0 Å². The summed E-state index contributed by atoms with van der Waals surface area (Å²) in [6, 6.07) is 0. The Morgan fingerprint density at radius 3 is 0.341 bits per heavy atom. The van der Waals surface area contributed by atoms with E-state index in [1.54, 1.807) is 0 Å². The zero-order chi connectivity index (χ0) is 32.7. The van der Waals surface area contributed by atoms with E-state index in [0.717, 1.165) is 0 Å². The maximum atomic E-state index is 10.1. The Labute approximate surface area is 294 Å². The van der Waals surface area contributed by atoms with Crippen LogP contribution >= 0.6 is 70.4 Å². The predicted octanol–water partition coefficient (Wildman–Crippen LogP) is -11.6. The zero-order valence-corrected chi connectivity index (χ0v) is 31.6. The summed E-state index contributed by atoms with van der Waals surface area (Å²) in [6.07, 6.45) is 0. The summed E-state index contributed by atoms with van der Waals surface area (Å²) in [5.74, 6) is 0. The standard InChI is InChI=1S/5Fe.3H5O10P3/c;;;;;3*1-11(2,3)9-13(7,8)10-12(4,5)6/h;;;;;3*(H,7,8)(H2,1,2,3)(H2,4,5,6)/q5*+3;;;/p-15. The molecule has 0 aromatic heterocycles. The largest absolute Gasteiger partial charge is 3.00 e. The maximum absolute atomic E-state index is 10.1. The molecule has 0 spiro atoms. The molecule has 0 amide bonds. The minimum atomic E-state index is -5.97. The van der Waals surface area contributed by atoms with E-state index in [1.165, 1.54) is 0 Å². The minimum absolute atomic E-state index is 0. The van der Waals surface area contributed by atoms with Gasteiger partial charge in [-0.05, 0) is 0 Å². The molecule has 0 rings (SSSR count). The minimum Gasteiger partial charge on any atom is -0.790 e. The monoisotopic (exact) mass is 1040 g/mol. The van der Waals surface area contributed by atoms with Crippen molar-refractivity contribution in [3.8, 4) is 0 Å². The van der Waals surface area contributed by atoms with Crippen LogP contribution in [0.5, 0.6) is 0 Å². The van der Waals surface area contributed by atoms with Crippen LogP contribution in [0.1, 0.15) is 0 Å². The third-order valence-corrected chi connectivity index (χ3v) is 10.8. The molecular formula is Fe5O30P9. The topological polar surface area (TPSA) is 555 Å². The van der Waals surface area contributed by atoms with Crippen molar-refractivity contribution in [3.05, 3.63) is 0 Å². The quantitative estimate of drug-likeness (QED) is 0.129. The molecule has 265 valence electrons. The van der Waals surface area contributed by atoms with E-state index in [-0.39, 0.29) is 85.3 Å². The number of hydrogen-bond donors (Lipinski definition) is 0. The molecule has 0 aliphatic heterocycles. The van der Waals surface area contributed by atoms with Gasteiger partial charge in [0, 0.05) is 0 Å². The van der Waals surface area contributed by atoms with Crippen LogP contribution in [-0.2, 0) is 152 Å². The Bertz CT molecular complexity index is 991. The van der Waals surface area contributed by atoms with Crippen LogP contribution in [0.4, 0.5) is 0 Å². The molecule has 0 unspecified atom stereocenters. The van der Waals surface area contributed by atoms with E-state index in [4.69, 9.17) is 0 Å². The van der Waals surface area contributed by atoms with Gasteiger partial charge < -0.3 is 101 Å². The summed E-state index contributed by atoms with van der Waals surface area (Å²) < 4.78 is 104. The number of hydrogen-bond acceptors (Lipinski definition) is 30. The molecule has 30 nitrogen and oxygen atoms in total. The van der Waals surface area contributed by atoms with Crippen molar-refractivity contribution < 1.29 is 226 Å². The second-order valence-electron chi connectivity index (χ2n) is 4.51. The van der Waals surface area contributed by atoms with Gasteiger partial charge in [0.15, 0.2) is 0 Å². The molecule has 0 aromatic carbocycles. The number of rotatable bonds is 12. The Morgan fingerprint density at radius 2 is 0.295 bits per heavy atom. The zero-order valence-electron chi connectivity index (χ0n) is 18.0. The fraction of sp³-hybridized carbons (Fsp3) is 0. The summed E-state index contributed by atoms with van der Waals surface area (Å²) in [5, 5.41) is 0. The van der Waals surface area contributed by atoms with Crippen LogP contribution in [0.3, 0.4) is 0 Å². The number of phosphoric acid groups is 9. The average molecular weight is 1040 g/mol. The van der Waals surface area contributed by atoms with E-state index in [0.29, 0.717) is 0 Å². The normalized spacial score (nSPS) is 12.9. The van der Waals surface area contributed by atoms with Crippen LogP contribution in [0.2, 0.25) is 0 Å². The molecule has 0 N–H and O–H groups in total. The fourth-order valence-electron chi connectivity index (χ4n) is 0.780. The van der Waals surface area contributed by atoms with Crippen LogP contribution in [-0.4, -0.2) is 0 Å². The summed E-state index contributed by atoms with van der Waals surface area (Å²) in [4.78, 5) is 146. The smallest absolute Gasteiger partial charge is 0.790 e. The van der Waals surface area contributed by atoms with Crippen molar-refractivity contribution in [1.82, 2.24) is 0 Å². The third kappa shape index (κ3) is 58.1. The molecule has 0 atom stereocenters. The van der Waals surface area contributed by atoms with E-state index in [1.807, 2.05) is 0 Å². The maximum Gasteiger partial charge on any atom is 3.00 e. The van der Waals surface area contributed by atoms with Gasteiger partial charge in [0.1, 0.15) is 0 Å². The molecule has 5 radical (unpaired) electrons. The SMILES string of the molecule is O=P([O-])([O-])OP(=O)([O-])OP(=O)([O-])[O-].O=P([O-])([O-])OP(=O)([O-])OP(=O)([O-])[O-].O=P([O-])([O-])OP(=O)([O-])OP(=O)([O-])[O-].[Fe+3].[Fe+3].[Fe+3].[Fe+3].[Fe+3]. The first-order valence-corrected chi connectivity index (χ1v) is 19.7. The summed E-state index contributed by atoms with van der Waals surface area (Å²) >= 11 is 0. The van der Waals surface area contributed by atoms with Crippen molar-refractivity contribution >= 4 is 70.4 Å². The van der Waals surface area contributed by atoms with Gasteiger partial charge >= 0.3 is 85.3 Å². The molecule has 0 bridgehead atoms. The first kappa shape index (κ1) is 66.1. The predicted molar refractivity (Wildman–Crippen MR) is 75.0 cm³/mol. The summed E-state index contributed by atoms with van der Waals surface area (Å²) in [7, 11) is -53.7. The second-order valence-corrected chi connectivity index (χ2v) is 16.5. The van der Waals surface area contributed by atoms with Gasteiger partial charge in [0.25, 0.3) is 23.5 Å². The van der Waals surface area contributed by atoms with Gasteiger partial charge in [0.05, 0.1) is 46.9 Å². The van der Waals surface area contributed by atoms with Gasteiger partial charge in [-0.2, -0.15) is 0 Å². The fourth-order valence-corrected chi connectivity index (χ4v) is 7.82. The van der Waals surface area contributed by atoms with E-state index < -0.39 is 70.4 Å². The van der Waals surface area contributed by atoms with Crippen LogP contribution in [0.15, 0.2) is 0 Å². The van der Waals surface area contributed by atoms with Gasteiger partial charge in [-0.1, -0.05) is 0 Å². The summed E-state index contributed by atoms with van der Waals surface area (Å²) in [6.45, 7) is 0. The van der Waals surface area contributed by atoms with Crippen LogP contribution in [0.25, 0.3) is 0 Å². The Kier molecular flexibility index (Phi) is 36.3. The molecule has 0 heterocycles. The molecule has 0 fully saturated rings. The molecule has 0 saturated heterocycles. The molecular weight excluding hydrogens is 1040 g/mol. The van der Waals surface area contributed by atoms with Crippen molar-refractivity contribution in [2.24, 2.45) is 0 Å². The molecule has 0 aliphatic carbocycles. The van der Waals surface area contributed by atoms with E-state index in [9.17, 15) is 114 Å². The Balaban J connectivity index is -0.0000000697. The Hall–Kier alpha value is 3.83. The van der Waals surface area contributed by atoms with Gasteiger partial charge in [-0.15, -0.1) is 0 Å². The average Bonchev–Trinajstić information content (AvgIpc) is 2.28. The summed E-state index contributed by atoms with van der Waals surface area (Å²) in [5.41, 5.74) is 0. The third-order valence-electron chi connectivity index (χ3n) is 1.20. The molecule has 44 heteroatoms. The molecule has 0 aromatic rings. The van der Waals surface area contributed by atoms with Crippen LogP contribution in [0, 0.1) is 0 Å². The van der Waals surface area contributed by atoms with Crippen molar-refractivity contribution in [3.63, 3.8) is 0 Å². The van der Waals surface area contributed by atoms with Crippen molar-refractivity contribution in [2.75, 3.05) is 0 Å². The second kappa shape index (κ2) is 24.1. The van der Waals surface area contributed by atoms with Crippen molar-refractivity contribution in [1.29, 1.82) is 0 Å². The Morgan fingerprint density at radius 1 is 0.227 bits per heavy atom. The van der Waals surface area contributed by atoms with Crippen molar-refractivity contribution in [2.45, 2.75) is 0 Å². The van der Waals surface area contributed by atoms with E-state index >= 15 is 0 Å². The van der Waals surface area contributed by atoms with Gasteiger partial charge in [0.2, 0.25) is 0 Å².